The standard InChI is InChI=1S/C15H25N3O/c1-3-18-10-6-7-12(11-18)17-13-8-5-9-14(15(13)16)19-4-2/h5,8-9,12,17H,3-4,6-7,10-11,16H2,1-2H3. The number of likely N-dealkylation sites (N-methyl/N-ethyl adjacent to an activating group) is 1. The Hall–Kier alpha value is -1.42. The highest BCUT2D eigenvalue weighted by molar-refractivity contribution is 5.73. The van der Waals surface area contributed by atoms with Gasteiger partial charge in [0.15, 0.2) is 0 Å². The van der Waals surface area contributed by atoms with E-state index in [0.29, 0.717) is 12.6 Å². The summed E-state index contributed by atoms with van der Waals surface area (Å²) in [6.07, 6.45) is 2.45. The van der Waals surface area contributed by atoms with Crippen molar-refractivity contribution in [3.05, 3.63) is 18.2 Å². The van der Waals surface area contributed by atoms with Crippen LogP contribution in [0.15, 0.2) is 18.2 Å². The van der Waals surface area contributed by atoms with Crippen LogP contribution in [0.5, 0.6) is 5.75 Å². The third kappa shape index (κ3) is 3.53. The second kappa shape index (κ2) is 6.66. The van der Waals surface area contributed by atoms with Gasteiger partial charge in [-0.15, -0.1) is 0 Å². The molecule has 1 saturated heterocycles. The lowest BCUT2D eigenvalue weighted by Gasteiger charge is -2.33. The molecule has 106 valence electrons. The topological polar surface area (TPSA) is 50.5 Å². The van der Waals surface area contributed by atoms with Crippen molar-refractivity contribution < 1.29 is 4.74 Å². The number of ether oxygens (including phenoxy) is 1. The third-order valence-corrected chi connectivity index (χ3v) is 3.68. The monoisotopic (exact) mass is 263 g/mol. The fraction of sp³-hybridized carbons (Fsp3) is 0.600. The summed E-state index contributed by atoms with van der Waals surface area (Å²) in [6, 6.07) is 6.42. The second-order valence-electron chi connectivity index (χ2n) is 5.03. The summed E-state index contributed by atoms with van der Waals surface area (Å²) in [6.45, 7) is 8.25. The van der Waals surface area contributed by atoms with Gasteiger partial charge in [-0.1, -0.05) is 13.0 Å². The van der Waals surface area contributed by atoms with Crippen LogP contribution in [0.1, 0.15) is 26.7 Å². The number of likely N-dealkylation sites (tertiary alicyclic amines) is 1. The number of rotatable bonds is 5. The highest BCUT2D eigenvalue weighted by Crippen LogP contribution is 2.30. The van der Waals surface area contributed by atoms with Crippen LogP contribution >= 0.6 is 0 Å². The number of para-hydroxylation sites is 1. The summed E-state index contributed by atoms with van der Waals surface area (Å²) < 4.78 is 5.53. The van der Waals surface area contributed by atoms with Gasteiger partial charge in [-0.3, -0.25) is 0 Å². The van der Waals surface area contributed by atoms with Crippen LogP contribution in [0.3, 0.4) is 0 Å². The van der Waals surface area contributed by atoms with Gasteiger partial charge >= 0.3 is 0 Å². The Balaban J connectivity index is 2.04. The zero-order valence-electron chi connectivity index (χ0n) is 12.0. The fourth-order valence-electron chi connectivity index (χ4n) is 2.63. The number of hydrogen-bond donors (Lipinski definition) is 2. The molecule has 0 aromatic heterocycles. The van der Waals surface area contributed by atoms with E-state index in [1.54, 1.807) is 0 Å². The summed E-state index contributed by atoms with van der Waals surface area (Å²) in [4.78, 5) is 2.48. The minimum atomic E-state index is 0.480. The smallest absolute Gasteiger partial charge is 0.144 e. The zero-order chi connectivity index (χ0) is 13.7. The first-order valence-electron chi connectivity index (χ1n) is 7.24. The van der Waals surface area contributed by atoms with E-state index in [9.17, 15) is 0 Å². The summed E-state index contributed by atoms with van der Waals surface area (Å²) >= 11 is 0. The summed E-state index contributed by atoms with van der Waals surface area (Å²) in [5, 5.41) is 3.57. The number of nitrogens with one attached hydrogen (secondary N) is 1. The number of benzene rings is 1. The molecule has 4 heteroatoms. The molecule has 1 aromatic carbocycles. The molecule has 1 aliphatic rings. The van der Waals surface area contributed by atoms with Crippen LogP contribution < -0.4 is 15.8 Å². The first kappa shape index (κ1) is 14.0. The minimum absolute atomic E-state index is 0.480. The lowest BCUT2D eigenvalue weighted by molar-refractivity contribution is 0.227. The van der Waals surface area contributed by atoms with Gasteiger partial charge in [0.2, 0.25) is 0 Å². The maximum atomic E-state index is 6.15. The van der Waals surface area contributed by atoms with E-state index < -0.39 is 0 Å². The third-order valence-electron chi connectivity index (χ3n) is 3.68. The summed E-state index contributed by atoms with van der Waals surface area (Å²) in [5.74, 6) is 0.774. The normalized spacial score (nSPS) is 20.2. The van der Waals surface area contributed by atoms with Gasteiger partial charge in [-0.25, -0.2) is 0 Å². The van der Waals surface area contributed by atoms with Gasteiger partial charge in [0.1, 0.15) is 5.75 Å². The van der Waals surface area contributed by atoms with Crippen LogP contribution in [0, 0.1) is 0 Å². The molecule has 0 bridgehead atoms. The second-order valence-corrected chi connectivity index (χ2v) is 5.03. The van der Waals surface area contributed by atoms with Crippen molar-refractivity contribution in [3.63, 3.8) is 0 Å². The molecule has 1 unspecified atom stereocenters. The quantitative estimate of drug-likeness (QED) is 0.802. The molecule has 3 N–H and O–H groups in total. The first-order chi connectivity index (χ1) is 9.24. The molecule has 2 rings (SSSR count). The fourth-order valence-corrected chi connectivity index (χ4v) is 2.63. The Labute approximate surface area is 115 Å². The predicted molar refractivity (Wildman–Crippen MR) is 80.8 cm³/mol. The SMILES string of the molecule is CCOc1cccc(NC2CCCN(CC)C2)c1N. The molecule has 1 heterocycles. The van der Waals surface area contributed by atoms with Crippen molar-refractivity contribution in [2.24, 2.45) is 0 Å². The average Bonchev–Trinajstić information content (AvgIpc) is 2.44. The minimum Gasteiger partial charge on any atom is -0.492 e. The largest absolute Gasteiger partial charge is 0.492 e. The molecule has 19 heavy (non-hydrogen) atoms. The predicted octanol–water partition coefficient (Wildman–Crippen LogP) is 2.56. The molecule has 0 aliphatic carbocycles. The van der Waals surface area contributed by atoms with Crippen LogP contribution in [0.2, 0.25) is 0 Å². The van der Waals surface area contributed by atoms with E-state index in [1.165, 1.54) is 19.4 Å². The van der Waals surface area contributed by atoms with Crippen LogP contribution in [0.4, 0.5) is 11.4 Å². The number of hydrogen-bond acceptors (Lipinski definition) is 4. The summed E-state index contributed by atoms with van der Waals surface area (Å²) in [5.41, 5.74) is 7.87. The van der Waals surface area contributed by atoms with E-state index in [4.69, 9.17) is 10.5 Å². The Bertz CT molecular complexity index is 408. The molecule has 0 radical (unpaired) electrons. The van der Waals surface area contributed by atoms with Crippen LogP contribution in [-0.4, -0.2) is 37.2 Å². The Kier molecular flexibility index (Phi) is 4.91. The highest BCUT2D eigenvalue weighted by atomic mass is 16.5. The van der Waals surface area contributed by atoms with Gasteiger partial charge in [-0.2, -0.15) is 0 Å². The maximum Gasteiger partial charge on any atom is 0.144 e. The summed E-state index contributed by atoms with van der Waals surface area (Å²) in [7, 11) is 0. The van der Waals surface area contributed by atoms with E-state index in [1.807, 2.05) is 25.1 Å². The molecule has 1 aliphatic heterocycles. The lowest BCUT2D eigenvalue weighted by Crippen LogP contribution is -2.41. The number of nitrogens with two attached hydrogens (primary N) is 1. The first-order valence-corrected chi connectivity index (χ1v) is 7.24. The van der Waals surface area contributed by atoms with Crippen molar-refractivity contribution in [1.29, 1.82) is 0 Å². The molecule has 0 spiro atoms. The van der Waals surface area contributed by atoms with Crippen LogP contribution in [0.25, 0.3) is 0 Å². The molecule has 0 saturated carbocycles. The van der Waals surface area contributed by atoms with Gasteiger partial charge in [-0.05, 0) is 45.0 Å². The van der Waals surface area contributed by atoms with Crippen molar-refractivity contribution >= 4 is 11.4 Å². The molecule has 1 aromatic rings. The molecule has 4 nitrogen and oxygen atoms in total. The van der Waals surface area contributed by atoms with Gasteiger partial charge in [0.25, 0.3) is 0 Å². The number of anilines is 2. The Morgan fingerprint density at radius 1 is 1.42 bits per heavy atom. The molecule has 1 atom stereocenters. The lowest BCUT2D eigenvalue weighted by atomic mass is 10.1. The van der Waals surface area contributed by atoms with Gasteiger partial charge in [0.05, 0.1) is 18.0 Å². The molecule has 0 amide bonds. The van der Waals surface area contributed by atoms with E-state index in [0.717, 1.165) is 30.2 Å². The Morgan fingerprint density at radius 3 is 3.00 bits per heavy atom. The van der Waals surface area contributed by atoms with E-state index in [2.05, 4.69) is 17.1 Å². The van der Waals surface area contributed by atoms with E-state index >= 15 is 0 Å². The highest BCUT2D eigenvalue weighted by Gasteiger charge is 2.19. The maximum absolute atomic E-state index is 6.15. The number of nitrogen functional groups attached to an aromatic ring is 1. The zero-order valence-corrected chi connectivity index (χ0v) is 12.0. The van der Waals surface area contributed by atoms with Gasteiger partial charge < -0.3 is 20.7 Å². The van der Waals surface area contributed by atoms with Crippen molar-refractivity contribution in [1.82, 2.24) is 4.90 Å². The van der Waals surface area contributed by atoms with E-state index in [-0.39, 0.29) is 0 Å². The van der Waals surface area contributed by atoms with Crippen molar-refractivity contribution in [2.45, 2.75) is 32.7 Å². The van der Waals surface area contributed by atoms with Crippen molar-refractivity contribution in [2.75, 3.05) is 37.3 Å². The molecular weight excluding hydrogens is 238 g/mol. The number of nitrogens with zero attached hydrogens (tertiary/aromatic N) is 1. The number of piperidine rings is 1. The van der Waals surface area contributed by atoms with Gasteiger partial charge in [0, 0.05) is 12.6 Å². The molecule has 1 fully saturated rings. The molecular formula is C15H25N3O. The van der Waals surface area contributed by atoms with Crippen molar-refractivity contribution in [3.8, 4) is 5.75 Å². The Morgan fingerprint density at radius 2 is 2.26 bits per heavy atom. The average molecular weight is 263 g/mol. The van der Waals surface area contributed by atoms with Crippen LogP contribution in [-0.2, 0) is 0 Å².